The number of hydrogen-bond acceptors (Lipinski definition) is 3. The molecular formula is C15H14N2O2. The van der Waals surface area contributed by atoms with Gasteiger partial charge in [0.05, 0.1) is 0 Å². The predicted octanol–water partition coefficient (Wildman–Crippen LogP) is 2.33. The normalized spacial score (nSPS) is 16.6. The number of hydrogen-bond donors (Lipinski definition) is 1. The molecule has 1 N–H and O–H groups in total. The van der Waals surface area contributed by atoms with Crippen molar-refractivity contribution in [3.8, 4) is 5.75 Å². The zero-order valence-electron chi connectivity index (χ0n) is 10.6. The molecule has 2 aromatic rings. The quantitative estimate of drug-likeness (QED) is 0.894. The zero-order valence-corrected chi connectivity index (χ0v) is 10.6. The van der Waals surface area contributed by atoms with Gasteiger partial charge in [0.25, 0.3) is 5.91 Å². The van der Waals surface area contributed by atoms with E-state index in [1.165, 1.54) is 0 Å². The van der Waals surface area contributed by atoms with Gasteiger partial charge in [-0.2, -0.15) is 0 Å². The third-order valence-corrected chi connectivity index (χ3v) is 3.10. The average Bonchev–Trinajstić information content (AvgIpc) is 2.82. The molecule has 0 spiro atoms. The molecule has 0 radical (unpaired) electrons. The summed E-state index contributed by atoms with van der Waals surface area (Å²) in [5.41, 5.74) is 2.69. The third-order valence-electron chi connectivity index (χ3n) is 3.10. The fourth-order valence-electron chi connectivity index (χ4n) is 2.17. The summed E-state index contributed by atoms with van der Waals surface area (Å²) in [5, 5.41) is 2.86. The molecule has 1 unspecified atom stereocenters. The van der Waals surface area contributed by atoms with Gasteiger partial charge in [0.1, 0.15) is 5.75 Å². The summed E-state index contributed by atoms with van der Waals surface area (Å²) in [6, 6.07) is 11.3. The van der Waals surface area contributed by atoms with Crippen molar-refractivity contribution in [1.82, 2.24) is 4.98 Å². The van der Waals surface area contributed by atoms with E-state index in [-0.39, 0.29) is 5.91 Å². The van der Waals surface area contributed by atoms with E-state index in [4.69, 9.17) is 4.74 Å². The molecule has 1 aliphatic heterocycles. The average molecular weight is 254 g/mol. The number of nitrogens with zero attached hydrogens (tertiary/aromatic N) is 1. The second kappa shape index (κ2) is 4.72. The lowest BCUT2D eigenvalue weighted by Crippen LogP contribution is -2.31. The summed E-state index contributed by atoms with van der Waals surface area (Å²) in [6.45, 7) is 1.89. The van der Waals surface area contributed by atoms with Gasteiger partial charge in [-0.3, -0.25) is 9.78 Å². The van der Waals surface area contributed by atoms with Gasteiger partial charge in [-0.1, -0.05) is 18.2 Å². The number of ether oxygens (including phenoxy) is 1. The van der Waals surface area contributed by atoms with E-state index in [0.29, 0.717) is 6.42 Å². The fourth-order valence-corrected chi connectivity index (χ4v) is 2.17. The number of benzene rings is 1. The number of aromatic nitrogens is 1. The van der Waals surface area contributed by atoms with Gasteiger partial charge in [0, 0.05) is 24.0 Å². The Kier molecular flexibility index (Phi) is 2.91. The maximum absolute atomic E-state index is 12.1. The van der Waals surface area contributed by atoms with E-state index >= 15 is 0 Å². The van der Waals surface area contributed by atoms with Crippen LogP contribution < -0.4 is 10.1 Å². The van der Waals surface area contributed by atoms with E-state index < -0.39 is 6.10 Å². The van der Waals surface area contributed by atoms with Crippen LogP contribution in [0.1, 0.15) is 11.3 Å². The molecule has 0 fully saturated rings. The van der Waals surface area contributed by atoms with Gasteiger partial charge in [-0.15, -0.1) is 0 Å². The number of pyridine rings is 1. The van der Waals surface area contributed by atoms with Crippen molar-refractivity contribution in [3.63, 3.8) is 0 Å². The summed E-state index contributed by atoms with van der Waals surface area (Å²) in [5.74, 6) is 0.676. The Morgan fingerprint density at radius 2 is 2.21 bits per heavy atom. The number of anilines is 1. The largest absolute Gasteiger partial charge is 0.480 e. The van der Waals surface area contributed by atoms with Crippen LogP contribution in [0.25, 0.3) is 0 Å². The smallest absolute Gasteiger partial charge is 0.265 e. The van der Waals surface area contributed by atoms with Crippen LogP contribution in [-0.4, -0.2) is 17.0 Å². The number of para-hydroxylation sites is 1. The van der Waals surface area contributed by atoms with Gasteiger partial charge in [-0.25, -0.2) is 0 Å². The van der Waals surface area contributed by atoms with Crippen molar-refractivity contribution in [1.29, 1.82) is 0 Å². The van der Waals surface area contributed by atoms with Crippen molar-refractivity contribution < 1.29 is 9.53 Å². The standard InChI is InChI=1S/C15H14N2O2/c1-10-8-12(6-7-16-10)17-15(18)14-9-11-4-2-3-5-13(11)19-14/h2-8,14H,9H2,1H3,(H,16,17,18). The van der Waals surface area contributed by atoms with E-state index in [1.54, 1.807) is 12.3 Å². The molecule has 3 rings (SSSR count). The number of carbonyl (C=O) groups is 1. The minimum Gasteiger partial charge on any atom is -0.480 e. The number of aryl methyl sites for hydroxylation is 1. The van der Waals surface area contributed by atoms with Crippen LogP contribution in [0, 0.1) is 6.92 Å². The molecule has 0 aliphatic carbocycles. The molecule has 2 heterocycles. The van der Waals surface area contributed by atoms with E-state index in [9.17, 15) is 4.79 Å². The number of fused-ring (bicyclic) bond motifs is 1. The summed E-state index contributed by atoms with van der Waals surface area (Å²) in [6.07, 6.45) is 1.84. The second-order valence-corrected chi connectivity index (χ2v) is 4.59. The Bertz CT molecular complexity index is 600. The Morgan fingerprint density at radius 3 is 3.00 bits per heavy atom. The molecule has 96 valence electrons. The Morgan fingerprint density at radius 1 is 1.37 bits per heavy atom. The highest BCUT2D eigenvalue weighted by atomic mass is 16.5. The maximum Gasteiger partial charge on any atom is 0.265 e. The van der Waals surface area contributed by atoms with Crippen molar-refractivity contribution in [3.05, 3.63) is 53.9 Å². The van der Waals surface area contributed by atoms with Gasteiger partial charge >= 0.3 is 0 Å². The molecule has 0 saturated carbocycles. The first-order valence-electron chi connectivity index (χ1n) is 6.20. The van der Waals surface area contributed by atoms with Crippen molar-refractivity contribution in [2.75, 3.05) is 5.32 Å². The number of rotatable bonds is 2. The molecule has 1 amide bonds. The Labute approximate surface area is 111 Å². The van der Waals surface area contributed by atoms with Crippen LogP contribution in [0.4, 0.5) is 5.69 Å². The SMILES string of the molecule is Cc1cc(NC(=O)C2Cc3ccccc3O2)ccn1. The van der Waals surface area contributed by atoms with E-state index in [2.05, 4.69) is 10.3 Å². The van der Waals surface area contributed by atoms with Crippen molar-refractivity contribution in [2.45, 2.75) is 19.4 Å². The van der Waals surface area contributed by atoms with Crippen LogP contribution >= 0.6 is 0 Å². The van der Waals surface area contributed by atoms with Crippen LogP contribution in [0.5, 0.6) is 5.75 Å². The zero-order chi connectivity index (χ0) is 13.2. The molecule has 1 aliphatic rings. The Balaban J connectivity index is 1.70. The highest BCUT2D eigenvalue weighted by Gasteiger charge is 2.28. The minimum absolute atomic E-state index is 0.123. The molecule has 0 saturated heterocycles. The molecule has 1 aromatic heterocycles. The molecule has 4 nitrogen and oxygen atoms in total. The molecule has 1 aromatic carbocycles. The monoisotopic (exact) mass is 254 g/mol. The lowest BCUT2D eigenvalue weighted by molar-refractivity contribution is -0.122. The molecule has 0 bridgehead atoms. The highest BCUT2D eigenvalue weighted by Crippen LogP contribution is 2.28. The van der Waals surface area contributed by atoms with Gasteiger partial charge in [0.2, 0.25) is 0 Å². The van der Waals surface area contributed by atoms with Crippen molar-refractivity contribution >= 4 is 11.6 Å². The summed E-state index contributed by atoms with van der Waals surface area (Å²) >= 11 is 0. The van der Waals surface area contributed by atoms with Crippen LogP contribution in [0.2, 0.25) is 0 Å². The van der Waals surface area contributed by atoms with Crippen LogP contribution in [0.3, 0.4) is 0 Å². The van der Waals surface area contributed by atoms with E-state index in [1.807, 2.05) is 37.3 Å². The number of nitrogens with one attached hydrogen (secondary N) is 1. The lowest BCUT2D eigenvalue weighted by Gasteiger charge is -2.11. The number of amides is 1. The second-order valence-electron chi connectivity index (χ2n) is 4.59. The van der Waals surface area contributed by atoms with Crippen LogP contribution in [-0.2, 0) is 11.2 Å². The number of carbonyl (C=O) groups excluding carboxylic acids is 1. The first-order chi connectivity index (χ1) is 9.22. The molecular weight excluding hydrogens is 240 g/mol. The predicted molar refractivity (Wildman–Crippen MR) is 72.2 cm³/mol. The fraction of sp³-hybridized carbons (Fsp3) is 0.200. The van der Waals surface area contributed by atoms with Gasteiger partial charge in [0.15, 0.2) is 6.10 Å². The molecule has 4 heteroatoms. The molecule has 1 atom stereocenters. The van der Waals surface area contributed by atoms with Gasteiger partial charge in [-0.05, 0) is 30.7 Å². The highest BCUT2D eigenvalue weighted by molar-refractivity contribution is 5.95. The summed E-state index contributed by atoms with van der Waals surface area (Å²) in [7, 11) is 0. The summed E-state index contributed by atoms with van der Waals surface area (Å²) in [4.78, 5) is 16.2. The summed E-state index contributed by atoms with van der Waals surface area (Å²) < 4.78 is 5.64. The lowest BCUT2D eigenvalue weighted by atomic mass is 10.1. The van der Waals surface area contributed by atoms with Gasteiger partial charge < -0.3 is 10.1 Å². The van der Waals surface area contributed by atoms with Crippen LogP contribution in [0.15, 0.2) is 42.6 Å². The van der Waals surface area contributed by atoms with E-state index in [0.717, 1.165) is 22.7 Å². The first kappa shape index (κ1) is 11.7. The maximum atomic E-state index is 12.1. The Hall–Kier alpha value is -2.36. The third kappa shape index (κ3) is 2.42. The topological polar surface area (TPSA) is 51.2 Å². The van der Waals surface area contributed by atoms with Crippen molar-refractivity contribution in [2.24, 2.45) is 0 Å². The first-order valence-corrected chi connectivity index (χ1v) is 6.20. The minimum atomic E-state index is -0.453. The molecule has 19 heavy (non-hydrogen) atoms.